The summed E-state index contributed by atoms with van der Waals surface area (Å²) in [5, 5.41) is 2.76. The number of benzene rings is 1. The zero-order valence-corrected chi connectivity index (χ0v) is 11.4. The van der Waals surface area contributed by atoms with Crippen LogP contribution in [0.15, 0.2) is 30.3 Å². The number of carbonyl (C=O) groups is 2. The Morgan fingerprint density at radius 2 is 2.00 bits per heavy atom. The summed E-state index contributed by atoms with van der Waals surface area (Å²) in [6.45, 7) is 4.28. The number of amides is 2. The van der Waals surface area contributed by atoms with Crippen LogP contribution in [-0.2, 0) is 9.59 Å². The zero-order chi connectivity index (χ0) is 13.8. The van der Waals surface area contributed by atoms with Crippen LogP contribution < -0.4 is 5.32 Å². The molecule has 1 fully saturated rings. The number of hydrogen-bond acceptors (Lipinski definition) is 2. The predicted molar refractivity (Wildman–Crippen MR) is 73.4 cm³/mol. The minimum Gasteiger partial charge on any atom is -0.341 e. The van der Waals surface area contributed by atoms with Crippen LogP contribution in [0.1, 0.15) is 38.3 Å². The topological polar surface area (TPSA) is 49.4 Å². The molecule has 1 heterocycles. The minimum atomic E-state index is -0.570. The van der Waals surface area contributed by atoms with Crippen LogP contribution in [0.4, 0.5) is 0 Å². The van der Waals surface area contributed by atoms with E-state index in [1.54, 1.807) is 0 Å². The summed E-state index contributed by atoms with van der Waals surface area (Å²) < 4.78 is 0. The van der Waals surface area contributed by atoms with E-state index in [2.05, 4.69) is 12.2 Å². The van der Waals surface area contributed by atoms with E-state index in [-0.39, 0.29) is 17.9 Å². The van der Waals surface area contributed by atoms with Crippen molar-refractivity contribution < 1.29 is 9.59 Å². The van der Waals surface area contributed by atoms with Crippen LogP contribution in [-0.4, -0.2) is 29.3 Å². The molecule has 2 amide bonds. The molecule has 0 radical (unpaired) electrons. The quantitative estimate of drug-likeness (QED) is 0.902. The van der Waals surface area contributed by atoms with E-state index in [1.165, 1.54) is 6.92 Å². The van der Waals surface area contributed by atoms with Gasteiger partial charge in [-0.1, -0.05) is 30.3 Å². The molecule has 1 unspecified atom stereocenters. The Balaban J connectivity index is 2.22. The Morgan fingerprint density at radius 1 is 1.32 bits per heavy atom. The van der Waals surface area contributed by atoms with Gasteiger partial charge in [0.05, 0.1) is 0 Å². The molecule has 0 saturated carbocycles. The molecule has 1 aromatic carbocycles. The lowest BCUT2D eigenvalue weighted by atomic mass is 10.1. The van der Waals surface area contributed by atoms with Crippen molar-refractivity contribution in [2.75, 3.05) is 6.54 Å². The normalized spacial score (nSPS) is 20.1. The van der Waals surface area contributed by atoms with Gasteiger partial charge in [-0.2, -0.15) is 0 Å². The molecule has 0 spiro atoms. The van der Waals surface area contributed by atoms with Gasteiger partial charge in [0.15, 0.2) is 0 Å². The molecule has 2 rings (SSSR count). The summed E-state index contributed by atoms with van der Waals surface area (Å²) in [5.74, 6) is -0.194. The van der Waals surface area contributed by atoms with Gasteiger partial charge in [0.25, 0.3) is 0 Å². The maximum Gasteiger partial charge on any atom is 0.250 e. The zero-order valence-electron chi connectivity index (χ0n) is 11.4. The van der Waals surface area contributed by atoms with Crippen LogP contribution in [0, 0.1) is 0 Å². The Kier molecular flexibility index (Phi) is 4.20. The fourth-order valence-corrected chi connectivity index (χ4v) is 2.56. The number of rotatable bonds is 3. The summed E-state index contributed by atoms with van der Waals surface area (Å²) in [6, 6.07) is 9.09. The second-order valence-electron chi connectivity index (χ2n) is 5.07. The third-order valence-electron chi connectivity index (χ3n) is 3.56. The number of hydrogen-bond donors (Lipinski definition) is 1. The molecule has 0 aliphatic carbocycles. The third kappa shape index (κ3) is 3.13. The SMILES string of the molecule is CC(=O)N[C@@H](C(=O)N1CCCC1C)c1ccccc1. The largest absolute Gasteiger partial charge is 0.341 e. The standard InChI is InChI=1S/C15H20N2O2/c1-11-7-6-10-17(11)15(19)14(16-12(2)18)13-8-4-3-5-9-13/h3-5,8-9,11,14H,6-7,10H2,1-2H3,(H,16,18)/t11?,14-/m1/s1. The fraction of sp³-hybridized carbons (Fsp3) is 0.467. The van der Waals surface area contributed by atoms with Gasteiger partial charge < -0.3 is 10.2 Å². The molecule has 1 saturated heterocycles. The first kappa shape index (κ1) is 13.6. The second-order valence-corrected chi connectivity index (χ2v) is 5.07. The van der Waals surface area contributed by atoms with Gasteiger partial charge in [-0.15, -0.1) is 0 Å². The highest BCUT2D eigenvalue weighted by Gasteiger charge is 2.31. The molecule has 4 heteroatoms. The molecule has 102 valence electrons. The van der Waals surface area contributed by atoms with Gasteiger partial charge in [0, 0.05) is 19.5 Å². The lowest BCUT2D eigenvalue weighted by Crippen LogP contribution is -2.43. The van der Waals surface area contributed by atoms with E-state index in [0.717, 1.165) is 24.9 Å². The molecule has 2 atom stereocenters. The number of carbonyl (C=O) groups excluding carboxylic acids is 2. The Labute approximate surface area is 113 Å². The van der Waals surface area contributed by atoms with Gasteiger partial charge in [-0.3, -0.25) is 9.59 Å². The Hall–Kier alpha value is -1.84. The van der Waals surface area contributed by atoms with Crippen molar-refractivity contribution in [1.82, 2.24) is 10.2 Å². The lowest BCUT2D eigenvalue weighted by Gasteiger charge is -2.27. The molecule has 0 bridgehead atoms. The molecule has 19 heavy (non-hydrogen) atoms. The van der Waals surface area contributed by atoms with Crippen molar-refractivity contribution in [3.8, 4) is 0 Å². The summed E-state index contributed by atoms with van der Waals surface area (Å²) in [6.07, 6.45) is 2.07. The third-order valence-corrected chi connectivity index (χ3v) is 3.56. The molecular weight excluding hydrogens is 240 g/mol. The molecule has 1 aliphatic rings. The van der Waals surface area contributed by atoms with E-state index >= 15 is 0 Å². The van der Waals surface area contributed by atoms with Crippen molar-refractivity contribution >= 4 is 11.8 Å². The fourth-order valence-electron chi connectivity index (χ4n) is 2.56. The molecule has 4 nitrogen and oxygen atoms in total. The monoisotopic (exact) mass is 260 g/mol. The molecule has 1 N–H and O–H groups in total. The summed E-state index contributed by atoms with van der Waals surface area (Å²) in [7, 11) is 0. The van der Waals surface area contributed by atoms with Crippen molar-refractivity contribution in [2.45, 2.75) is 38.8 Å². The second kappa shape index (κ2) is 5.87. The minimum absolute atomic E-state index is 0.00796. The van der Waals surface area contributed by atoms with Gasteiger partial charge >= 0.3 is 0 Å². The van der Waals surface area contributed by atoms with Crippen molar-refractivity contribution in [2.24, 2.45) is 0 Å². The molecule has 0 aromatic heterocycles. The van der Waals surface area contributed by atoms with E-state index in [9.17, 15) is 9.59 Å². The lowest BCUT2D eigenvalue weighted by molar-refractivity contribution is -0.136. The van der Waals surface area contributed by atoms with Crippen LogP contribution in [0.5, 0.6) is 0 Å². The van der Waals surface area contributed by atoms with E-state index in [4.69, 9.17) is 0 Å². The number of likely N-dealkylation sites (tertiary alicyclic amines) is 1. The average Bonchev–Trinajstić information content (AvgIpc) is 2.82. The highest BCUT2D eigenvalue weighted by Crippen LogP contribution is 2.23. The van der Waals surface area contributed by atoms with E-state index in [0.29, 0.717) is 0 Å². The van der Waals surface area contributed by atoms with Gasteiger partial charge in [-0.05, 0) is 25.3 Å². The predicted octanol–water partition coefficient (Wildman–Crippen LogP) is 1.87. The van der Waals surface area contributed by atoms with Gasteiger partial charge in [0.1, 0.15) is 6.04 Å². The Morgan fingerprint density at radius 3 is 2.53 bits per heavy atom. The summed E-state index contributed by atoms with van der Waals surface area (Å²) >= 11 is 0. The maximum atomic E-state index is 12.6. The highest BCUT2D eigenvalue weighted by molar-refractivity contribution is 5.88. The molecular formula is C15H20N2O2. The van der Waals surface area contributed by atoms with Crippen LogP contribution >= 0.6 is 0 Å². The van der Waals surface area contributed by atoms with Gasteiger partial charge in [0.2, 0.25) is 11.8 Å². The smallest absolute Gasteiger partial charge is 0.250 e. The summed E-state index contributed by atoms with van der Waals surface area (Å²) in [4.78, 5) is 25.8. The first-order chi connectivity index (χ1) is 9.09. The number of nitrogens with zero attached hydrogens (tertiary/aromatic N) is 1. The average molecular weight is 260 g/mol. The van der Waals surface area contributed by atoms with E-state index in [1.807, 2.05) is 35.2 Å². The summed E-state index contributed by atoms with van der Waals surface area (Å²) in [5.41, 5.74) is 0.835. The van der Waals surface area contributed by atoms with Gasteiger partial charge in [-0.25, -0.2) is 0 Å². The molecule has 1 aromatic rings. The first-order valence-electron chi connectivity index (χ1n) is 6.72. The Bertz CT molecular complexity index is 458. The van der Waals surface area contributed by atoms with Crippen LogP contribution in [0.2, 0.25) is 0 Å². The van der Waals surface area contributed by atoms with Crippen molar-refractivity contribution in [1.29, 1.82) is 0 Å². The van der Waals surface area contributed by atoms with Crippen LogP contribution in [0.25, 0.3) is 0 Å². The van der Waals surface area contributed by atoms with Crippen molar-refractivity contribution in [3.05, 3.63) is 35.9 Å². The van der Waals surface area contributed by atoms with Crippen molar-refractivity contribution in [3.63, 3.8) is 0 Å². The van der Waals surface area contributed by atoms with E-state index < -0.39 is 6.04 Å². The highest BCUT2D eigenvalue weighted by atomic mass is 16.2. The molecule has 1 aliphatic heterocycles. The van der Waals surface area contributed by atoms with Crippen LogP contribution in [0.3, 0.4) is 0 Å². The first-order valence-corrected chi connectivity index (χ1v) is 6.72. The maximum absolute atomic E-state index is 12.6. The number of nitrogens with one attached hydrogen (secondary N) is 1.